The number of aryl methyl sites for hydroxylation is 1. The largest absolute Gasteiger partial charge is 0.376 e. The van der Waals surface area contributed by atoms with Crippen molar-refractivity contribution in [3.8, 4) is 0 Å². The second-order valence-electron chi connectivity index (χ2n) is 8.99. The Balaban J connectivity index is 1.59. The van der Waals surface area contributed by atoms with Crippen molar-refractivity contribution in [3.63, 3.8) is 0 Å². The molecule has 4 rings (SSSR count). The van der Waals surface area contributed by atoms with Crippen LogP contribution in [0.3, 0.4) is 0 Å². The molecule has 1 aliphatic heterocycles. The molecule has 9 heteroatoms. The average molecular weight is 515 g/mol. The van der Waals surface area contributed by atoms with Gasteiger partial charge in [0.05, 0.1) is 36.8 Å². The molecule has 3 atom stereocenters. The van der Waals surface area contributed by atoms with Gasteiger partial charge in [-0.3, -0.25) is 9.78 Å². The molecule has 36 heavy (non-hydrogen) atoms. The predicted molar refractivity (Wildman–Crippen MR) is 136 cm³/mol. The van der Waals surface area contributed by atoms with E-state index in [1.165, 1.54) is 18.3 Å². The first-order chi connectivity index (χ1) is 17.3. The van der Waals surface area contributed by atoms with Gasteiger partial charge in [0, 0.05) is 29.6 Å². The minimum Gasteiger partial charge on any atom is -0.376 e. The van der Waals surface area contributed by atoms with Crippen LogP contribution in [0.2, 0.25) is 5.02 Å². The zero-order valence-electron chi connectivity index (χ0n) is 19.9. The molecule has 0 saturated carbocycles. The number of anilines is 1. The highest BCUT2D eigenvalue weighted by atomic mass is 35.5. The zero-order chi connectivity index (χ0) is 25.7. The highest BCUT2D eigenvalue weighted by molar-refractivity contribution is 6.30. The van der Waals surface area contributed by atoms with Gasteiger partial charge in [-0.05, 0) is 60.7 Å². The second kappa shape index (κ2) is 11.9. The number of pyridine rings is 1. The summed E-state index contributed by atoms with van der Waals surface area (Å²) in [6.45, 7) is 3.86. The van der Waals surface area contributed by atoms with E-state index < -0.39 is 29.5 Å². The first-order valence-electron chi connectivity index (χ1n) is 11.9. The molecule has 0 spiro atoms. The number of aromatic nitrogens is 1. The van der Waals surface area contributed by atoms with Crippen molar-refractivity contribution in [2.45, 2.75) is 37.8 Å². The number of ether oxygens (including phenoxy) is 1. The standard InChI is InChI=1S/C27H29ClF2N4O2/c1-16-10-18(12-20(29)11-16)25(17-2-4-19(28)5-3-17)26(31)27(35)34-24-15-33-14-23(30)22(24)7-6-21-13-32-8-9-36-21/h2-5,10-12,14-15,21,25-26,32H,6-9,13,31H2,1H3,(H,34,35)/t21-,25+,26+/m1/s1. The Morgan fingerprint density at radius 1 is 1.22 bits per heavy atom. The van der Waals surface area contributed by atoms with E-state index in [0.717, 1.165) is 12.7 Å². The second-order valence-corrected chi connectivity index (χ2v) is 9.43. The Labute approximate surface area is 214 Å². The van der Waals surface area contributed by atoms with Crippen LogP contribution in [0.25, 0.3) is 0 Å². The van der Waals surface area contributed by atoms with Crippen LogP contribution in [0.4, 0.5) is 14.5 Å². The van der Waals surface area contributed by atoms with Crippen LogP contribution in [0.15, 0.2) is 54.9 Å². The first kappa shape index (κ1) is 26.2. The number of carbonyl (C=O) groups excluding carboxylic acids is 1. The highest BCUT2D eigenvalue weighted by Gasteiger charge is 2.29. The van der Waals surface area contributed by atoms with E-state index in [0.29, 0.717) is 53.3 Å². The molecule has 190 valence electrons. The Kier molecular flexibility index (Phi) is 8.64. The van der Waals surface area contributed by atoms with Crippen LogP contribution in [-0.2, 0) is 16.0 Å². The minimum absolute atomic E-state index is 0.0392. The molecule has 0 aliphatic carbocycles. The molecular weight excluding hydrogens is 486 g/mol. The number of halogens is 3. The summed E-state index contributed by atoms with van der Waals surface area (Å²) in [7, 11) is 0. The van der Waals surface area contributed by atoms with Crippen molar-refractivity contribution in [2.24, 2.45) is 5.73 Å². The number of hydrogen-bond acceptors (Lipinski definition) is 5. The van der Waals surface area contributed by atoms with Crippen molar-refractivity contribution in [3.05, 3.63) is 93.8 Å². The lowest BCUT2D eigenvalue weighted by Gasteiger charge is -2.26. The summed E-state index contributed by atoms with van der Waals surface area (Å²) < 4.78 is 34.7. The molecule has 0 bridgehead atoms. The molecule has 3 aromatic rings. The summed E-state index contributed by atoms with van der Waals surface area (Å²) in [5.41, 5.74) is 9.03. The summed E-state index contributed by atoms with van der Waals surface area (Å²) in [5, 5.41) is 6.53. The van der Waals surface area contributed by atoms with E-state index in [2.05, 4.69) is 15.6 Å². The lowest BCUT2D eigenvalue weighted by Crippen LogP contribution is -2.41. The summed E-state index contributed by atoms with van der Waals surface area (Å²) in [4.78, 5) is 17.3. The van der Waals surface area contributed by atoms with Crippen molar-refractivity contribution >= 4 is 23.2 Å². The molecule has 1 fully saturated rings. The fourth-order valence-electron chi connectivity index (χ4n) is 4.52. The molecule has 1 amide bonds. The maximum absolute atomic E-state index is 14.7. The van der Waals surface area contributed by atoms with Gasteiger partial charge in [-0.15, -0.1) is 0 Å². The van der Waals surface area contributed by atoms with Crippen molar-refractivity contribution in [1.29, 1.82) is 0 Å². The molecule has 1 aliphatic rings. The van der Waals surface area contributed by atoms with Gasteiger partial charge in [-0.25, -0.2) is 8.78 Å². The van der Waals surface area contributed by atoms with E-state index in [9.17, 15) is 13.6 Å². The number of morpholine rings is 1. The predicted octanol–water partition coefficient (Wildman–Crippen LogP) is 4.34. The van der Waals surface area contributed by atoms with Crippen molar-refractivity contribution < 1.29 is 18.3 Å². The Morgan fingerprint density at radius 3 is 2.69 bits per heavy atom. The molecule has 6 nitrogen and oxygen atoms in total. The van der Waals surface area contributed by atoms with E-state index in [1.54, 1.807) is 37.3 Å². The Bertz CT molecular complexity index is 1180. The van der Waals surface area contributed by atoms with Crippen LogP contribution in [0.1, 0.15) is 34.6 Å². The van der Waals surface area contributed by atoms with Gasteiger partial charge in [0.2, 0.25) is 5.91 Å². The van der Waals surface area contributed by atoms with E-state index in [1.807, 2.05) is 0 Å². The number of nitrogens with zero attached hydrogens (tertiary/aromatic N) is 1. The lowest BCUT2D eigenvalue weighted by atomic mass is 9.84. The quantitative estimate of drug-likeness (QED) is 0.416. The molecular formula is C27H29ClF2N4O2. The van der Waals surface area contributed by atoms with E-state index in [4.69, 9.17) is 22.1 Å². The summed E-state index contributed by atoms with van der Waals surface area (Å²) >= 11 is 6.05. The van der Waals surface area contributed by atoms with E-state index >= 15 is 0 Å². The zero-order valence-corrected chi connectivity index (χ0v) is 20.7. The number of amides is 1. The fraction of sp³-hybridized carbons (Fsp3) is 0.333. The van der Waals surface area contributed by atoms with E-state index in [-0.39, 0.29) is 11.8 Å². The molecule has 0 unspecified atom stereocenters. The van der Waals surface area contributed by atoms with Crippen LogP contribution in [0, 0.1) is 18.6 Å². The van der Waals surface area contributed by atoms with Crippen LogP contribution in [-0.4, -0.2) is 42.7 Å². The monoisotopic (exact) mass is 514 g/mol. The molecule has 2 aromatic carbocycles. The van der Waals surface area contributed by atoms with Gasteiger partial charge < -0.3 is 21.1 Å². The third-order valence-corrected chi connectivity index (χ3v) is 6.55. The lowest BCUT2D eigenvalue weighted by molar-refractivity contribution is -0.117. The number of nitrogens with one attached hydrogen (secondary N) is 2. The third kappa shape index (κ3) is 6.44. The van der Waals surface area contributed by atoms with Gasteiger partial charge in [0.15, 0.2) is 0 Å². The smallest absolute Gasteiger partial charge is 0.242 e. The van der Waals surface area contributed by atoms with Crippen molar-refractivity contribution in [2.75, 3.05) is 25.0 Å². The summed E-state index contributed by atoms with van der Waals surface area (Å²) in [6, 6.07) is 10.4. The molecule has 4 N–H and O–H groups in total. The summed E-state index contributed by atoms with van der Waals surface area (Å²) in [5.74, 6) is -2.14. The van der Waals surface area contributed by atoms with Gasteiger partial charge in [-0.1, -0.05) is 29.8 Å². The number of nitrogens with two attached hydrogens (primary N) is 1. The topological polar surface area (TPSA) is 89.3 Å². The fourth-order valence-corrected chi connectivity index (χ4v) is 4.65. The normalized spacial score (nSPS) is 17.4. The van der Waals surface area contributed by atoms with Crippen molar-refractivity contribution in [1.82, 2.24) is 10.3 Å². The number of benzene rings is 2. The SMILES string of the molecule is Cc1cc(F)cc([C@H](c2ccc(Cl)cc2)[C@H](N)C(=O)Nc2cncc(F)c2CC[C@@H]2CNCCO2)c1. The molecule has 1 saturated heterocycles. The highest BCUT2D eigenvalue weighted by Crippen LogP contribution is 2.31. The van der Waals surface area contributed by atoms with Gasteiger partial charge in [-0.2, -0.15) is 0 Å². The molecule has 1 aromatic heterocycles. The average Bonchev–Trinajstić information content (AvgIpc) is 2.85. The van der Waals surface area contributed by atoms with Crippen LogP contribution < -0.4 is 16.4 Å². The first-order valence-corrected chi connectivity index (χ1v) is 12.2. The maximum atomic E-state index is 14.7. The van der Waals surface area contributed by atoms with Crippen LogP contribution in [0.5, 0.6) is 0 Å². The number of hydrogen-bond donors (Lipinski definition) is 3. The molecule has 0 radical (unpaired) electrons. The number of carbonyl (C=O) groups is 1. The van der Waals surface area contributed by atoms with Gasteiger partial charge in [0.25, 0.3) is 0 Å². The Hall–Kier alpha value is -2.91. The van der Waals surface area contributed by atoms with Gasteiger partial charge in [0.1, 0.15) is 11.6 Å². The summed E-state index contributed by atoms with van der Waals surface area (Å²) in [6.07, 6.45) is 3.43. The Morgan fingerprint density at radius 2 is 2.00 bits per heavy atom. The minimum atomic E-state index is -1.10. The number of rotatable bonds is 8. The maximum Gasteiger partial charge on any atom is 0.242 e. The van der Waals surface area contributed by atoms with Gasteiger partial charge >= 0.3 is 0 Å². The third-order valence-electron chi connectivity index (χ3n) is 6.30. The van der Waals surface area contributed by atoms with Crippen LogP contribution >= 0.6 is 11.6 Å². The molecule has 2 heterocycles.